The smallest absolute Gasteiger partial charge is 0.264 e. The zero-order valence-electron chi connectivity index (χ0n) is 9.39. The third-order valence-corrected chi connectivity index (χ3v) is 3.80. The molecule has 0 atom stereocenters. The molecule has 1 aliphatic carbocycles. The van der Waals surface area contributed by atoms with Gasteiger partial charge < -0.3 is 4.90 Å². The molecule has 1 amide bonds. The first kappa shape index (κ1) is 11.9. The van der Waals surface area contributed by atoms with E-state index < -0.39 is 10.1 Å². The summed E-state index contributed by atoms with van der Waals surface area (Å²) < 4.78 is 26.5. The van der Waals surface area contributed by atoms with E-state index in [0.29, 0.717) is 13.1 Å². The van der Waals surface area contributed by atoms with E-state index in [1.807, 2.05) is 0 Å². The van der Waals surface area contributed by atoms with Crippen LogP contribution in [0.1, 0.15) is 25.7 Å². The molecule has 0 aromatic heterocycles. The minimum absolute atomic E-state index is 0.166. The van der Waals surface area contributed by atoms with Crippen molar-refractivity contribution >= 4 is 16.0 Å². The monoisotopic (exact) mass is 247 g/mol. The summed E-state index contributed by atoms with van der Waals surface area (Å²) in [6.07, 6.45) is 4.93. The summed E-state index contributed by atoms with van der Waals surface area (Å²) in [5, 5.41) is 0. The van der Waals surface area contributed by atoms with Gasteiger partial charge in [0.1, 0.15) is 6.10 Å². The van der Waals surface area contributed by atoms with Crippen LogP contribution in [0.2, 0.25) is 0 Å². The van der Waals surface area contributed by atoms with Gasteiger partial charge in [-0.2, -0.15) is 8.42 Å². The molecule has 0 unspecified atom stereocenters. The fourth-order valence-electron chi connectivity index (χ4n) is 2.36. The Balaban J connectivity index is 1.77. The normalized spacial score (nSPS) is 23.4. The number of nitrogens with zero attached hydrogens (tertiary/aromatic N) is 1. The van der Waals surface area contributed by atoms with E-state index in [0.717, 1.165) is 31.9 Å². The third-order valence-electron chi connectivity index (χ3n) is 3.18. The van der Waals surface area contributed by atoms with E-state index >= 15 is 0 Å². The van der Waals surface area contributed by atoms with Crippen molar-refractivity contribution in [3.63, 3.8) is 0 Å². The first-order chi connectivity index (χ1) is 7.46. The Bertz CT molecular complexity index is 366. The first-order valence-corrected chi connectivity index (χ1v) is 7.44. The van der Waals surface area contributed by atoms with Gasteiger partial charge in [-0.05, 0) is 12.8 Å². The van der Waals surface area contributed by atoms with Crippen molar-refractivity contribution in [3.8, 4) is 0 Å². The van der Waals surface area contributed by atoms with E-state index in [4.69, 9.17) is 4.18 Å². The standard InChI is InChI=1S/C10H17NO4S/c1-16(13,14)15-9-6-11(7-9)10(12)8-4-2-3-5-8/h8-9H,2-7H2,1H3. The van der Waals surface area contributed by atoms with E-state index in [1.54, 1.807) is 4.90 Å². The SMILES string of the molecule is CS(=O)(=O)OC1CN(C(=O)C2CCCC2)C1. The average Bonchev–Trinajstić information content (AvgIpc) is 2.60. The molecule has 1 aliphatic heterocycles. The molecule has 6 heteroatoms. The number of amides is 1. The summed E-state index contributed by atoms with van der Waals surface area (Å²) in [5.74, 6) is 0.338. The number of hydrogen-bond donors (Lipinski definition) is 0. The highest BCUT2D eigenvalue weighted by Gasteiger charge is 2.37. The van der Waals surface area contributed by atoms with E-state index in [9.17, 15) is 13.2 Å². The van der Waals surface area contributed by atoms with E-state index in [-0.39, 0.29) is 17.9 Å². The minimum atomic E-state index is -3.39. The maximum atomic E-state index is 11.9. The van der Waals surface area contributed by atoms with E-state index in [2.05, 4.69) is 0 Å². The topological polar surface area (TPSA) is 63.7 Å². The molecule has 2 rings (SSSR count). The van der Waals surface area contributed by atoms with Crippen molar-refractivity contribution < 1.29 is 17.4 Å². The number of carbonyl (C=O) groups is 1. The Morgan fingerprint density at radius 2 is 1.81 bits per heavy atom. The Kier molecular flexibility index (Phi) is 3.21. The van der Waals surface area contributed by atoms with Crippen LogP contribution in [-0.4, -0.2) is 44.7 Å². The molecular weight excluding hydrogens is 230 g/mol. The van der Waals surface area contributed by atoms with Crippen LogP contribution in [0.4, 0.5) is 0 Å². The predicted molar refractivity (Wildman–Crippen MR) is 58.3 cm³/mol. The summed E-state index contributed by atoms with van der Waals surface area (Å²) in [4.78, 5) is 13.6. The zero-order chi connectivity index (χ0) is 11.8. The Morgan fingerprint density at radius 1 is 1.25 bits per heavy atom. The number of carbonyl (C=O) groups excluding carboxylic acids is 1. The van der Waals surface area contributed by atoms with Crippen molar-refractivity contribution in [2.45, 2.75) is 31.8 Å². The van der Waals surface area contributed by atoms with Gasteiger partial charge in [0.25, 0.3) is 10.1 Å². The Hall–Kier alpha value is -0.620. The lowest BCUT2D eigenvalue weighted by Gasteiger charge is -2.39. The van der Waals surface area contributed by atoms with Gasteiger partial charge in [0, 0.05) is 5.92 Å². The number of likely N-dealkylation sites (tertiary alicyclic amines) is 1. The molecule has 0 aromatic carbocycles. The minimum Gasteiger partial charge on any atom is -0.337 e. The molecule has 0 bridgehead atoms. The van der Waals surface area contributed by atoms with Gasteiger partial charge in [-0.25, -0.2) is 0 Å². The second kappa shape index (κ2) is 4.33. The number of hydrogen-bond acceptors (Lipinski definition) is 4. The molecular formula is C10H17NO4S. The molecule has 16 heavy (non-hydrogen) atoms. The highest BCUT2D eigenvalue weighted by Crippen LogP contribution is 2.28. The van der Waals surface area contributed by atoms with Crippen LogP contribution >= 0.6 is 0 Å². The highest BCUT2D eigenvalue weighted by molar-refractivity contribution is 7.86. The lowest BCUT2D eigenvalue weighted by molar-refractivity contribution is -0.144. The molecule has 1 saturated heterocycles. The Labute approximate surface area is 95.9 Å². The molecule has 92 valence electrons. The first-order valence-electron chi connectivity index (χ1n) is 5.63. The summed E-state index contributed by atoms with van der Waals surface area (Å²) in [7, 11) is -3.39. The van der Waals surface area contributed by atoms with Gasteiger partial charge in [0.15, 0.2) is 0 Å². The van der Waals surface area contributed by atoms with Crippen molar-refractivity contribution in [1.82, 2.24) is 4.90 Å². The van der Waals surface area contributed by atoms with Gasteiger partial charge in [-0.15, -0.1) is 0 Å². The molecule has 1 heterocycles. The van der Waals surface area contributed by atoms with Gasteiger partial charge >= 0.3 is 0 Å². The zero-order valence-corrected chi connectivity index (χ0v) is 10.2. The molecule has 5 nitrogen and oxygen atoms in total. The van der Waals surface area contributed by atoms with Crippen LogP contribution in [0.25, 0.3) is 0 Å². The maximum absolute atomic E-state index is 11.9. The van der Waals surface area contributed by atoms with Gasteiger partial charge in [-0.3, -0.25) is 8.98 Å². The highest BCUT2D eigenvalue weighted by atomic mass is 32.2. The van der Waals surface area contributed by atoms with Crippen LogP contribution in [-0.2, 0) is 19.1 Å². The third kappa shape index (κ3) is 2.74. The summed E-state index contributed by atoms with van der Waals surface area (Å²) in [6.45, 7) is 0.838. The van der Waals surface area contributed by atoms with Crippen molar-refractivity contribution in [3.05, 3.63) is 0 Å². The lowest BCUT2D eigenvalue weighted by atomic mass is 10.0. The van der Waals surface area contributed by atoms with Gasteiger partial charge in [0.2, 0.25) is 5.91 Å². The average molecular weight is 247 g/mol. The predicted octanol–water partition coefficient (Wildman–Crippen LogP) is 0.364. The van der Waals surface area contributed by atoms with E-state index in [1.165, 1.54) is 0 Å². The fourth-order valence-corrected chi connectivity index (χ4v) is 2.97. The van der Waals surface area contributed by atoms with Gasteiger partial charge in [-0.1, -0.05) is 12.8 Å². The quantitative estimate of drug-likeness (QED) is 0.676. The molecule has 1 saturated carbocycles. The second-order valence-corrected chi connectivity index (χ2v) is 6.25. The second-order valence-electron chi connectivity index (χ2n) is 4.65. The van der Waals surface area contributed by atoms with Crippen molar-refractivity contribution in [2.24, 2.45) is 5.92 Å². The largest absolute Gasteiger partial charge is 0.337 e. The Morgan fingerprint density at radius 3 is 2.31 bits per heavy atom. The maximum Gasteiger partial charge on any atom is 0.264 e. The molecule has 2 aliphatic rings. The van der Waals surface area contributed by atoms with Crippen LogP contribution in [0.15, 0.2) is 0 Å². The lowest BCUT2D eigenvalue weighted by Crippen LogP contribution is -2.56. The van der Waals surface area contributed by atoms with Gasteiger partial charge in [0.05, 0.1) is 19.3 Å². The molecule has 0 spiro atoms. The number of rotatable bonds is 3. The summed E-state index contributed by atoms with van der Waals surface area (Å²) in [6, 6.07) is 0. The summed E-state index contributed by atoms with van der Waals surface area (Å²) in [5.41, 5.74) is 0. The fraction of sp³-hybridized carbons (Fsp3) is 0.900. The summed E-state index contributed by atoms with van der Waals surface area (Å²) >= 11 is 0. The molecule has 0 radical (unpaired) electrons. The van der Waals surface area contributed by atoms with Crippen LogP contribution < -0.4 is 0 Å². The van der Waals surface area contributed by atoms with Crippen LogP contribution in [0, 0.1) is 5.92 Å². The van der Waals surface area contributed by atoms with Crippen LogP contribution in [0.5, 0.6) is 0 Å². The van der Waals surface area contributed by atoms with Crippen molar-refractivity contribution in [1.29, 1.82) is 0 Å². The van der Waals surface area contributed by atoms with Crippen LogP contribution in [0.3, 0.4) is 0 Å². The molecule has 2 fully saturated rings. The molecule has 0 N–H and O–H groups in total. The van der Waals surface area contributed by atoms with Crippen molar-refractivity contribution in [2.75, 3.05) is 19.3 Å². The molecule has 0 aromatic rings.